The van der Waals surface area contributed by atoms with Crippen LogP contribution in [0.2, 0.25) is 0 Å². The van der Waals surface area contributed by atoms with E-state index in [-0.39, 0.29) is 0 Å². The van der Waals surface area contributed by atoms with E-state index in [2.05, 4.69) is 82.7 Å². The molecule has 0 saturated heterocycles. The van der Waals surface area contributed by atoms with Crippen LogP contribution in [0.25, 0.3) is 45.0 Å². The Morgan fingerprint density at radius 2 is 0.935 bits per heavy atom. The van der Waals surface area contributed by atoms with E-state index in [0.717, 1.165) is 38.4 Å². The summed E-state index contributed by atoms with van der Waals surface area (Å²) in [6, 6.07) is 39.3. The third-order valence-corrected chi connectivity index (χ3v) is 5.66. The molecule has 0 atom stereocenters. The molecule has 5 aromatic rings. The smallest absolute Gasteiger partial charge is 0.160 e. The Labute approximate surface area is 190 Å². The van der Waals surface area contributed by atoms with E-state index in [4.69, 9.17) is 9.97 Å². The summed E-state index contributed by atoms with van der Waals surface area (Å²) in [6.45, 7) is 0. The first-order valence-corrected chi connectivity index (χ1v) is 10.9. The molecule has 1 heterocycles. The quantitative estimate of drug-likeness (QED) is 0.271. The summed E-state index contributed by atoms with van der Waals surface area (Å²) in [5, 5.41) is 0. The lowest BCUT2D eigenvalue weighted by Crippen LogP contribution is -1.96. The van der Waals surface area contributed by atoms with Crippen LogP contribution in [0.5, 0.6) is 0 Å². The average molecular weight is 463 g/mol. The predicted octanol–water partition coefficient (Wildman–Crippen LogP) is 7.91. The van der Waals surface area contributed by atoms with Gasteiger partial charge in [-0.2, -0.15) is 0 Å². The monoisotopic (exact) mass is 462 g/mol. The van der Waals surface area contributed by atoms with Gasteiger partial charge in [-0.1, -0.05) is 113 Å². The summed E-state index contributed by atoms with van der Waals surface area (Å²) in [5.74, 6) is 0.722. The van der Waals surface area contributed by atoms with E-state index in [1.54, 1.807) is 0 Å². The number of halogens is 1. The molecular weight excluding hydrogens is 444 g/mol. The van der Waals surface area contributed by atoms with Crippen molar-refractivity contribution in [3.8, 4) is 45.0 Å². The lowest BCUT2D eigenvalue weighted by atomic mass is 10.0. The second-order valence-electron chi connectivity index (χ2n) is 7.28. The van der Waals surface area contributed by atoms with Crippen LogP contribution in [0.1, 0.15) is 0 Å². The van der Waals surface area contributed by atoms with Gasteiger partial charge in [0.15, 0.2) is 5.82 Å². The minimum Gasteiger partial charge on any atom is -0.228 e. The molecule has 0 spiro atoms. The van der Waals surface area contributed by atoms with Crippen LogP contribution < -0.4 is 0 Å². The first-order valence-electron chi connectivity index (χ1n) is 10.1. The molecule has 148 valence electrons. The third-order valence-electron chi connectivity index (χ3n) is 5.17. The van der Waals surface area contributed by atoms with Crippen molar-refractivity contribution in [2.45, 2.75) is 0 Å². The lowest BCUT2D eigenvalue weighted by Gasteiger charge is -2.10. The Bertz CT molecular complexity index is 1310. The fourth-order valence-electron chi connectivity index (χ4n) is 3.57. The summed E-state index contributed by atoms with van der Waals surface area (Å²) in [5.41, 5.74) is 7.32. The highest BCUT2D eigenvalue weighted by atomic mass is 79.9. The van der Waals surface area contributed by atoms with Gasteiger partial charge in [0.1, 0.15) is 0 Å². The molecule has 0 amide bonds. The molecule has 31 heavy (non-hydrogen) atoms. The van der Waals surface area contributed by atoms with Gasteiger partial charge in [0, 0.05) is 21.2 Å². The van der Waals surface area contributed by atoms with Gasteiger partial charge in [-0.05, 0) is 29.3 Å². The van der Waals surface area contributed by atoms with Crippen LogP contribution >= 0.6 is 15.9 Å². The molecule has 2 nitrogen and oxygen atoms in total. The van der Waals surface area contributed by atoms with Crippen LogP contribution in [-0.2, 0) is 0 Å². The van der Waals surface area contributed by atoms with Crippen molar-refractivity contribution in [3.63, 3.8) is 0 Å². The van der Waals surface area contributed by atoms with Gasteiger partial charge in [-0.25, -0.2) is 9.97 Å². The molecular formula is C28H19BrN2. The summed E-state index contributed by atoms with van der Waals surface area (Å²) in [4.78, 5) is 9.78. The van der Waals surface area contributed by atoms with Gasteiger partial charge in [0.05, 0.1) is 11.4 Å². The molecule has 0 N–H and O–H groups in total. The fraction of sp³-hybridized carbons (Fsp3) is 0. The second-order valence-corrected chi connectivity index (χ2v) is 8.20. The third kappa shape index (κ3) is 4.32. The van der Waals surface area contributed by atoms with Crippen molar-refractivity contribution in [1.29, 1.82) is 0 Å². The van der Waals surface area contributed by atoms with Gasteiger partial charge in [-0.3, -0.25) is 0 Å². The number of benzene rings is 4. The minimum atomic E-state index is 0.722. The maximum absolute atomic E-state index is 4.90. The molecule has 1 aromatic heterocycles. The zero-order valence-electron chi connectivity index (χ0n) is 16.7. The maximum atomic E-state index is 4.90. The average Bonchev–Trinajstić information content (AvgIpc) is 2.85. The predicted molar refractivity (Wildman–Crippen MR) is 131 cm³/mol. The Balaban J connectivity index is 1.61. The Hall–Kier alpha value is -3.56. The molecule has 0 unspecified atom stereocenters. The minimum absolute atomic E-state index is 0.722. The molecule has 4 aromatic carbocycles. The van der Waals surface area contributed by atoms with E-state index >= 15 is 0 Å². The van der Waals surface area contributed by atoms with Crippen LogP contribution in [0.3, 0.4) is 0 Å². The van der Waals surface area contributed by atoms with Crippen LogP contribution in [-0.4, -0.2) is 9.97 Å². The Kier molecular flexibility index (Phi) is 5.42. The van der Waals surface area contributed by atoms with Crippen LogP contribution in [0.4, 0.5) is 0 Å². The number of aromatic nitrogens is 2. The first-order chi connectivity index (χ1) is 15.3. The van der Waals surface area contributed by atoms with E-state index < -0.39 is 0 Å². The molecule has 5 rings (SSSR count). The summed E-state index contributed by atoms with van der Waals surface area (Å²) < 4.78 is 1.03. The SMILES string of the molecule is Brc1cccc(-c2cc(-c3ccc(-c4ccccc4)cc3)nc(-c3ccccc3)n2)c1. The molecule has 0 fully saturated rings. The molecule has 0 aliphatic carbocycles. The zero-order valence-corrected chi connectivity index (χ0v) is 18.3. The van der Waals surface area contributed by atoms with Gasteiger partial charge in [-0.15, -0.1) is 0 Å². The summed E-state index contributed by atoms with van der Waals surface area (Å²) >= 11 is 3.57. The van der Waals surface area contributed by atoms with Gasteiger partial charge >= 0.3 is 0 Å². The van der Waals surface area contributed by atoms with Crippen LogP contribution in [0, 0.1) is 0 Å². The molecule has 0 bridgehead atoms. The van der Waals surface area contributed by atoms with Gasteiger partial charge in [0.2, 0.25) is 0 Å². The van der Waals surface area contributed by atoms with Crippen molar-refractivity contribution >= 4 is 15.9 Å². The van der Waals surface area contributed by atoms with Crippen molar-refractivity contribution in [3.05, 3.63) is 120 Å². The number of nitrogens with zero attached hydrogens (tertiary/aromatic N) is 2. The van der Waals surface area contributed by atoms with E-state index in [0.29, 0.717) is 0 Å². The van der Waals surface area contributed by atoms with E-state index in [1.165, 1.54) is 11.1 Å². The van der Waals surface area contributed by atoms with Gasteiger partial charge < -0.3 is 0 Å². The number of hydrogen-bond donors (Lipinski definition) is 0. The molecule has 0 radical (unpaired) electrons. The van der Waals surface area contributed by atoms with Gasteiger partial charge in [0.25, 0.3) is 0 Å². The molecule has 0 aliphatic heterocycles. The van der Waals surface area contributed by atoms with Crippen molar-refractivity contribution in [2.75, 3.05) is 0 Å². The highest BCUT2D eigenvalue weighted by molar-refractivity contribution is 9.10. The van der Waals surface area contributed by atoms with Crippen LogP contribution in [0.15, 0.2) is 120 Å². The number of rotatable bonds is 4. The van der Waals surface area contributed by atoms with E-state index in [1.807, 2.05) is 48.5 Å². The standard InChI is InChI=1S/C28H19BrN2/c29-25-13-7-12-24(18-25)27-19-26(30-28(31-27)23-10-5-2-6-11-23)22-16-14-21(15-17-22)20-8-3-1-4-9-20/h1-19H. The zero-order chi connectivity index (χ0) is 21.0. The summed E-state index contributed by atoms with van der Waals surface area (Å²) in [7, 11) is 0. The van der Waals surface area contributed by atoms with E-state index in [9.17, 15) is 0 Å². The summed E-state index contributed by atoms with van der Waals surface area (Å²) in [6.07, 6.45) is 0. The second kappa shape index (κ2) is 8.66. The molecule has 3 heteroatoms. The molecule has 0 aliphatic rings. The largest absolute Gasteiger partial charge is 0.228 e. The van der Waals surface area contributed by atoms with Crippen molar-refractivity contribution in [1.82, 2.24) is 9.97 Å². The Morgan fingerprint density at radius 3 is 1.58 bits per heavy atom. The highest BCUT2D eigenvalue weighted by Gasteiger charge is 2.11. The molecule has 0 saturated carbocycles. The van der Waals surface area contributed by atoms with Crippen molar-refractivity contribution in [2.24, 2.45) is 0 Å². The first kappa shape index (κ1) is 19.4. The number of hydrogen-bond acceptors (Lipinski definition) is 2. The lowest BCUT2D eigenvalue weighted by molar-refractivity contribution is 1.18. The highest BCUT2D eigenvalue weighted by Crippen LogP contribution is 2.30. The van der Waals surface area contributed by atoms with Crippen molar-refractivity contribution < 1.29 is 0 Å². The normalized spacial score (nSPS) is 10.7. The Morgan fingerprint density at radius 1 is 0.419 bits per heavy atom. The maximum Gasteiger partial charge on any atom is 0.160 e. The topological polar surface area (TPSA) is 25.8 Å². The fourth-order valence-corrected chi connectivity index (χ4v) is 3.97.